The lowest BCUT2D eigenvalue weighted by Gasteiger charge is -2.21. The first-order valence-electron chi connectivity index (χ1n) is 9.29. The SMILES string of the molecule is CCNC(=NCCCc1cn[nH]c1C)NC1CN(C(C)C)CC1C. The van der Waals surface area contributed by atoms with E-state index in [1.807, 2.05) is 6.20 Å². The number of aromatic amines is 1. The zero-order chi connectivity index (χ0) is 17.5. The van der Waals surface area contributed by atoms with Gasteiger partial charge in [0.1, 0.15) is 0 Å². The van der Waals surface area contributed by atoms with Crippen LogP contribution in [0.15, 0.2) is 11.2 Å². The van der Waals surface area contributed by atoms with Crippen LogP contribution in [0, 0.1) is 12.8 Å². The Morgan fingerprint density at radius 2 is 2.25 bits per heavy atom. The maximum absolute atomic E-state index is 4.76. The van der Waals surface area contributed by atoms with E-state index in [2.05, 4.69) is 60.3 Å². The molecule has 136 valence electrons. The summed E-state index contributed by atoms with van der Waals surface area (Å²) in [5.74, 6) is 1.59. The fraction of sp³-hybridized carbons (Fsp3) is 0.778. The number of aryl methyl sites for hydroxylation is 2. The summed E-state index contributed by atoms with van der Waals surface area (Å²) in [6.45, 7) is 15.0. The third kappa shape index (κ3) is 5.23. The number of aromatic nitrogens is 2. The van der Waals surface area contributed by atoms with Crippen LogP contribution in [0.25, 0.3) is 0 Å². The molecular formula is C18H34N6. The average Bonchev–Trinajstić information content (AvgIpc) is 3.10. The Morgan fingerprint density at radius 1 is 1.46 bits per heavy atom. The van der Waals surface area contributed by atoms with Crippen LogP contribution in [0.5, 0.6) is 0 Å². The molecule has 1 saturated heterocycles. The van der Waals surface area contributed by atoms with E-state index in [0.29, 0.717) is 18.0 Å². The summed E-state index contributed by atoms with van der Waals surface area (Å²) in [7, 11) is 0. The van der Waals surface area contributed by atoms with E-state index in [1.165, 1.54) is 5.56 Å². The van der Waals surface area contributed by atoms with Gasteiger partial charge in [-0.25, -0.2) is 0 Å². The van der Waals surface area contributed by atoms with Crippen LogP contribution in [0.3, 0.4) is 0 Å². The molecule has 6 heteroatoms. The summed E-state index contributed by atoms with van der Waals surface area (Å²) in [5, 5.41) is 14.1. The van der Waals surface area contributed by atoms with E-state index in [4.69, 9.17) is 4.99 Å². The van der Waals surface area contributed by atoms with Gasteiger partial charge in [0, 0.05) is 44.0 Å². The number of rotatable bonds is 7. The predicted molar refractivity (Wildman–Crippen MR) is 100 cm³/mol. The molecule has 0 amide bonds. The molecule has 24 heavy (non-hydrogen) atoms. The van der Waals surface area contributed by atoms with Crippen molar-refractivity contribution in [3.63, 3.8) is 0 Å². The third-order valence-electron chi connectivity index (χ3n) is 4.85. The highest BCUT2D eigenvalue weighted by atomic mass is 15.3. The third-order valence-corrected chi connectivity index (χ3v) is 4.85. The molecule has 6 nitrogen and oxygen atoms in total. The van der Waals surface area contributed by atoms with Gasteiger partial charge in [0.25, 0.3) is 0 Å². The molecule has 0 saturated carbocycles. The van der Waals surface area contributed by atoms with Crippen LogP contribution < -0.4 is 10.6 Å². The molecule has 0 bridgehead atoms. The number of hydrogen-bond donors (Lipinski definition) is 3. The summed E-state index contributed by atoms with van der Waals surface area (Å²) in [5.41, 5.74) is 2.46. The Kier molecular flexibility index (Phi) is 7.09. The van der Waals surface area contributed by atoms with Gasteiger partial charge in [0.2, 0.25) is 0 Å². The van der Waals surface area contributed by atoms with E-state index in [9.17, 15) is 0 Å². The van der Waals surface area contributed by atoms with Crippen molar-refractivity contribution < 1.29 is 0 Å². The molecule has 1 fully saturated rings. The van der Waals surface area contributed by atoms with E-state index in [-0.39, 0.29) is 0 Å². The normalized spacial score (nSPS) is 22.3. The number of nitrogens with zero attached hydrogens (tertiary/aromatic N) is 3. The molecule has 1 aliphatic rings. The van der Waals surface area contributed by atoms with Crippen molar-refractivity contribution >= 4 is 5.96 Å². The van der Waals surface area contributed by atoms with Crippen molar-refractivity contribution in [3.8, 4) is 0 Å². The Bertz CT molecular complexity index is 521. The summed E-state index contributed by atoms with van der Waals surface area (Å²) < 4.78 is 0. The van der Waals surface area contributed by atoms with Gasteiger partial charge in [-0.15, -0.1) is 0 Å². The first-order chi connectivity index (χ1) is 11.5. The number of nitrogens with one attached hydrogen (secondary N) is 3. The first-order valence-corrected chi connectivity index (χ1v) is 9.29. The van der Waals surface area contributed by atoms with Gasteiger partial charge in [-0.05, 0) is 52.0 Å². The fourth-order valence-corrected chi connectivity index (χ4v) is 3.20. The average molecular weight is 335 g/mol. The van der Waals surface area contributed by atoms with Crippen LogP contribution in [0.4, 0.5) is 0 Å². The second-order valence-electron chi connectivity index (χ2n) is 7.16. The number of aliphatic imine (C=N–C) groups is 1. The maximum Gasteiger partial charge on any atom is 0.191 e. The Morgan fingerprint density at radius 3 is 2.83 bits per heavy atom. The number of hydrogen-bond acceptors (Lipinski definition) is 3. The van der Waals surface area contributed by atoms with Crippen molar-refractivity contribution in [2.24, 2.45) is 10.9 Å². The highest BCUT2D eigenvalue weighted by molar-refractivity contribution is 5.80. The van der Waals surface area contributed by atoms with E-state index in [1.54, 1.807) is 0 Å². The van der Waals surface area contributed by atoms with Crippen molar-refractivity contribution in [3.05, 3.63) is 17.5 Å². The molecule has 0 radical (unpaired) electrons. The minimum Gasteiger partial charge on any atom is -0.357 e. The molecule has 3 N–H and O–H groups in total. The number of guanidine groups is 1. The van der Waals surface area contributed by atoms with Gasteiger partial charge in [-0.2, -0.15) is 5.10 Å². The fourth-order valence-electron chi connectivity index (χ4n) is 3.20. The molecular weight excluding hydrogens is 300 g/mol. The number of likely N-dealkylation sites (tertiary alicyclic amines) is 1. The molecule has 2 heterocycles. The predicted octanol–water partition coefficient (Wildman–Crippen LogP) is 1.93. The monoisotopic (exact) mass is 334 g/mol. The molecule has 0 aromatic carbocycles. The maximum atomic E-state index is 4.76. The van der Waals surface area contributed by atoms with Gasteiger partial charge >= 0.3 is 0 Å². The van der Waals surface area contributed by atoms with Gasteiger partial charge in [-0.3, -0.25) is 15.0 Å². The van der Waals surface area contributed by atoms with Crippen LogP contribution in [-0.4, -0.2) is 59.3 Å². The molecule has 0 spiro atoms. The van der Waals surface area contributed by atoms with Crippen molar-refractivity contribution in [1.29, 1.82) is 0 Å². The lowest BCUT2D eigenvalue weighted by Crippen LogP contribution is -2.46. The van der Waals surface area contributed by atoms with Gasteiger partial charge < -0.3 is 10.6 Å². The van der Waals surface area contributed by atoms with E-state index >= 15 is 0 Å². The van der Waals surface area contributed by atoms with Crippen LogP contribution in [-0.2, 0) is 6.42 Å². The lowest BCUT2D eigenvalue weighted by atomic mass is 10.1. The minimum absolute atomic E-state index is 0.473. The minimum atomic E-state index is 0.473. The molecule has 2 atom stereocenters. The quantitative estimate of drug-likeness (QED) is 0.405. The zero-order valence-electron chi connectivity index (χ0n) is 15.9. The van der Waals surface area contributed by atoms with E-state index < -0.39 is 0 Å². The first kappa shape index (κ1) is 18.8. The Balaban J connectivity index is 1.83. The van der Waals surface area contributed by atoms with Crippen molar-refractivity contribution in [2.45, 2.75) is 59.5 Å². The summed E-state index contributed by atoms with van der Waals surface area (Å²) in [6, 6.07) is 1.08. The van der Waals surface area contributed by atoms with Crippen LogP contribution >= 0.6 is 0 Å². The molecule has 2 rings (SSSR count). The molecule has 1 aromatic rings. The van der Waals surface area contributed by atoms with Crippen molar-refractivity contribution in [2.75, 3.05) is 26.2 Å². The molecule has 1 aromatic heterocycles. The summed E-state index contributed by atoms with van der Waals surface area (Å²) >= 11 is 0. The second kappa shape index (κ2) is 9.06. The number of H-pyrrole nitrogens is 1. The van der Waals surface area contributed by atoms with E-state index in [0.717, 1.165) is 50.7 Å². The Hall–Kier alpha value is -1.56. The largest absolute Gasteiger partial charge is 0.357 e. The summed E-state index contributed by atoms with van der Waals surface area (Å²) in [4.78, 5) is 7.29. The van der Waals surface area contributed by atoms with Gasteiger partial charge in [0.05, 0.1) is 6.20 Å². The Labute approximate surface area is 146 Å². The molecule has 1 aliphatic heterocycles. The van der Waals surface area contributed by atoms with Crippen molar-refractivity contribution in [1.82, 2.24) is 25.7 Å². The van der Waals surface area contributed by atoms with Crippen LogP contribution in [0.1, 0.15) is 45.4 Å². The smallest absolute Gasteiger partial charge is 0.191 e. The highest BCUT2D eigenvalue weighted by Gasteiger charge is 2.31. The highest BCUT2D eigenvalue weighted by Crippen LogP contribution is 2.18. The second-order valence-corrected chi connectivity index (χ2v) is 7.16. The van der Waals surface area contributed by atoms with Gasteiger partial charge in [0.15, 0.2) is 5.96 Å². The van der Waals surface area contributed by atoms with Crippen LogP contribution in [0.2, 0.25) is 0 Å². The molecule has 0 aliphatic carbocycles. The van der Waals surface area contributed by atoms with Gasteiger partial charge in [-0.1, -0.05) is 6.92 Å². The zero-order valence-corrected chi connectivity index (χ0v) is 15.9. The lowest BCUT2D eigenvalue weighted by molar-refractivity contribution is 0.265. The standard InChI is InChI=1S/C18H34N6/c1-6-19-18(20-9-7-8-16-10-21-23-15(16)5)22-17-12-24(13(2)3)11-14(17)4/h10,13-14,17H,6-9,11-12H2,1-5H3,(H,21,23)(H2,19,20,22). The molecule has 2 unspecified atom stereocenters. The summed E-state index contributed by atoms with van der Waals surface area (Å²) in [6.07, 6.45) is 3.98. The topological polar surface area (TPSA) is 68.3 Å².